The molecule has 0 aliphatic heterocycles. The SMILES string of the molecule is CCSC1(Sc2ccccc2)CC[C@H]2[C@@H]3CCC4=CC(=O)C=C[C@]4(C)[C@@]3(F)[C@@H](OC(C)=O)C[C@@]21C. The quantitative estimate of drug-likeness (QED) is 0.308. The summed E-state index contributed by atoms with van der Waals surface area (Å²) in [5, 5.41) is 0. The van der Waals surface area contributed by atoms with Gasteiger partial charge in [0.1, 0.15) is 6.10 Å². The number of thioether (sulfide) groups is 2. The number of hydrogen-bond acceptors (Lipinski definition) is 5. The second-order valence-electron chi connectivity index (χ2n) is 11.0. The van der Waals surface area contributed by atoms with Gasteiger partial charge in [-0.1, -0.05) is 43.7 Å². The molecule has 7 atom stereocenters. The average Bonchev–Trinajstić information content (AvgIpc) is 3.07. The summed E-state index contributed by atoms with van der Waals surface area (Å²) in [6.07, 6.45) is 7.87. The molecule has 4 aliphatic carbocycles. The van der Waals surface area contributed by atoms with Crippen LogP contribution in [0.3, 0.4) is 0 Å². The van der Waals surface area contributed by atoms with Crippen molar-refractivity contribution in [1.82, 2.24) is 0 Å². The lowest BCUT2D eigenvalue weighted by Crippen LogP contribution is -2.68. The topological polar surface area (TPSA) is 43.4 Å². The first-order valence-corrected chi connectivity index (χ1v) is 14.6. The molecule has 3 saturated carbocycles. The van der Waals surface area contributed by atoms with Gasteiger partial charge in [-0.2, -0.15) is 0 Å². The molecule has 0 N–H and O–H groups in total. The van der Waals surface area contributed by atoms with Crippen molar-refractivity contribution in [3.8, 4) is 0 Å². The van der Waals surface area contributed by atoms with Crippen LogP contribution < -0.4 is 0 Å². The van der Waals surface area contributed by atoms with Gasteiger partial charge in [0.15, 0.2) is 11.5 Å². The Labute approximate surface area is 216 Å². The summed E-state index contributed by atoms with van der Waals surface area (Å²) < 4.78 is 23.7. The molecule has 0 heterocycles. The summed E-state index contributed by atoms with van der Waals surface area (Å²) in [6.45, 7) is 7.82. The van der Waals surface area contributed by atoms with Gasteiger partial charge in [0, 0.05) is 23.2 Å². The van der Waals surface area contributed by atoms with E-state index in [0.29, 0.717) is 19.3 Å². The monoisotopic (exact) mass is 514 g/mol. The molecule has 1 unspecified atom stereocenters. The maximum atomic E-state index is 17.9. The van der Waals surface area contributed by atoms with Gasteiger partial charge in [-0.05, 0) is 80.4 Å². The molecule has 1 aromatic carbocycles. The maximum Gasteiger partial charge on any atom is 0.303 e. The molecule has 0 amide bonds. The number of esters is 1. The van der Waals surface area contributed by atoms with E-state index in [2.05, 4.69) is 38.1 Å². The lowest BCUT2D eigenvalue weighted by atomic mass is 9.46. The van der Waals surface area contributed by atoms with Crippen molar-refractivity contribution < 1.29 is 18.7 Å². The van der Waals surface area contributed by atoms with E-state index in [0.717, 1.165) is 24.2 Å². The number of carbonyl (C=O) groups is 2. The largest absolute Gasteiger partial charge is 0.459 e. The van der Waals surface area contributed by atoms with Crippen LogP contribution in [0.1, 0.15) is 59.8 Å². The number of benzene rings is 1. The summed E-state index contributed by atoms with van der Waals surface area (Å²) >= 11 is 3.90. The fourth-order valence-electron chi connectivity index (χ4n) is 7.80. The Bertz CT molecular complexity index is 1090. The van der Waals surface area contributed by atoms with E-state index >= 15 is 4.39 Å². The highest BCUT2D eigenvalue weighted by atomic mass is 32.2. The maximum absolute atomic E-state index is 17.9. The van der Waals surface area contributed by atoms with Crippen LogP contribution in [0.25, 0.3) is 0 Å². The summed E-state index contributed by atoms with van der Waals surface area (Å²) in [7, 11) is 0. The van der Waals surface area contributed by atoms with Crippen molar-refractivity contribution >= 4 is 35.3 Å². The number of ketones is 1. The number of rotatable bonds is 5. The summed E-state index contributed by atoms with van der Waals surface area (Å²) in [6, 6.07) is 10.5. The molecule has 0 radical (unpaired) electrons. The van der Waals surface area contributed by atoms with Crippen molar-refractivity contribution in [1.29, 1.82) is 0 Å². The molecule has 5 rings (SSSR count). The second kappa shape index (κ2) is 8.79. The smallest absolute Gasteiger partial charge is 0.303 e. The Morgan fingerprint density at radius 2 is 1.91 bits per heavy atom. The Kier molecular flexibility index (Phi) is 6.32. The third-order valence-corrected chi connectivity index (χ3v) is 12.9. The van der Waals surface area contributed by atoms with Gasteiger partial charge in [0.25, 0.3) is 0 Å². The Balaban J connectivity index is 1.62. The van der Waals surface area contributed by atoms with Gasteiger partial charge in [-0.25, -0.2) is 4.39 Å². The van der Waals surface area contributed by atoms with Gasteiger partial charge in [0.05, 0.1) is 4.08 Å². The first-order valence-electron chi connectivity index (χ1n) is 12.8. The van der Waals surface area contributed by atoms with E-state index in [-0.39, 0.29) is 27.1 Å². The molecule has 6 heteroatoms. The van der Waals surface area contributed by atoms with E-state index in [1.807, 2.05) is 36.5 Å². The first kappa shape index (κ1) is 25.1. The lowest BCUT2D eigenvalue weighted by Gasteiger charge is -2.63. The number of carbonyl (C=O) groups excluding carboxylic acids is 2. The van der Waals surface area contributed by atoms with Crippen LogP contribution in [-0.4, -0.2) is 33.4 Å². The van der Waals surface area contributed by atoms with Gasteiger partial charge in [0.2, 0.25) is 0 Å². The molecule has 0 bridgehead atoms. The van der Waals surface area contributed by atoms with E-state index in [4.69, 9.17) is 4.74 Å². The predicted octanol–water partition coefficient (Wildman–Crippen LogP) is 7.17. The Morgan fingerprint density at radius 1 is 1.17 bits per heavy atom. The van der Waals surface area contributed by atoms with Gasteiger partial charge >= 0.3 is 5.97 Å². The molecule has 0 aromatic heterocycles. The minimum atomic E-state index is -1.74. The summed E-state index contributed by atoms with van der Waals surface area (Å²) in [4.78, 5) is 25.7. The van der Waals surface area contributed by atoms with Crippen LogP contribution in [0.5, 0.6) is 0 Å². The van der Waals surface area contributed by atoms with Crippen molar-refractivity contribution in [3.05, 3.63) is 54.1 Å². The van der Waals surface area contributed by atoms with E-state index in [1.54, 1.807) is 12.2 Å². The van der Waals surface area contributed by atoms with Gasteiger partial charge < -0.3 is 4.74 Å². The highest BCUT2D eigenvalue weighted by molar-refractivity contribution is 8.18. The number of alkyl halides is 1. The van der Waals surface area contributed by atoms with Crippen LogP contribution in [0, 0.1) is 22.7 Å². The highest BCUT2D eigenvalue weighted by Crippen LogP contribution is 2.74. The van der Waals surface area contributed by atoms with Gasteiger partial charge in [-0.15, -0.1) is 23.5 Å². The van der Waals surface area contributed by atoms with Crippen LogP contribution in [0.15, 0.2) is 59.0 Å². The molecular weight excluding hydrogens is 479 g/mol. The standard InChI is InChI=1S/C29H35FO3S2/c1-5-34-28(35-22-9-7-6-8-10-22)16-14-23-24-12-11-20-17-21(32)13-15-26(20,3)29(24,30)25(33-19(2)31)18-27(23,28)4/h6-10,13,15,17,23-25H,5,11-12,14,16,18H2,1-4H3/t23-,24-,25-,26-,27-,28?,29-/m0/s1. The number of allylic oxidation sites excluding steroid dienone is 4. The number of hydrogen-bond donors (Lipinski definition) is 0. The van der Waals surface area contributed by atoms with E-state index in [1.165, 1.54) is 17.9 Å². The van der Waals surface area contributed by atoms with Gasteiger partial charge in [-0.3, -0.25) is 9.59 Å². The minimum Gasteiger partial charge on any atom is -0.459 e. The number of ether oxygens (including phenoxy) is 1. The fraction of sp³-hybridized carbons (Fsp3) is 0.586. The zero-order chi connectivity index (χ0) is 25.1. The Morgan fingerprint density at radius 3 is 2.60 bits per heavy atom. The van der Waals surface area contributed by atoms with Crippen LogP contribution >= 0.6 is 23.5 Å². The van der Waals surface area contributed by atoms with Crippen molar-refractivity contribution in [2.45, 2.75) is 80.5 Å². The van der Waals surface area contributed by atoms with E-state index < -0.39 is 23.2 Å². The van der Waals surface area contributed by atoms with Crippen LogP contribution in [0.2, 0.25) is 0 Å². The molecule has 35 heavy (non-hydrogen) atoms. The molecule has 3 nitrogen and oxygen atoms in total. The molecule has 0 spiro atoms. The fourth-order valence-corrected chi connectivity index (χ4v) is 11.3. The second-order valence-corrected chi connectivity index (χ2v) is 14.2. The number of fused-ring (bicyclic) bond motifs is 5. The molecule has 1 aromatic rings. The summed E-state index contributed by atoms with van der Waals surface area (Å²) in [5.74, 6) is 0.398. The normalized spacial score (nSPS) is 42.0. The zero-order valence-electron chi connectivity index (χ0n) is 21.0. The molecular formula is C29H35FO3S2. The molecule has 3 fully saturated rings. The third-order valence-electron chi connectivity index (χ3n) is 9.37. The van der Waals surface area contributed by atoms with Crippen LogP contribution in [-0.2, 0) is 14.3 Å². The van der Waals surface area contributed by atoms with Crippen molar-refractivity contribution in [2.75, 3.05) is 5.75 Å². The first-order chi connectivity index (χ1) is 16.6. The zero-order valence-corrected chi connectivity index (χ0v) is 22.6. The van der Waals surface area contributed by atoms with Crippen molar-refractivity contribution in [2.24, 2.45) is 22.7 Å². The minimum absolute atomic E-state index is 0.0808. The summed E-state index contributed by atoms with van der Waals surface area (Å²) in [5.41, 5.74) is -2.05. The third kappa shape index (κ3) is 3.60. The van der Waals surface area contributed by atoms with E-state index in [9.17, 15) is 9.59 Å². The lowest BCUT2D eigenvalue weighted by molar-refractivity contribution is -0.209. The Hall–Kier alpha value is -1.53. The highest BCUT2D eigenvalue weighted by Gasteiger charge is 2.74. The average molecular weight is 515 g/mol. The molecule has 188 valence electrons. The molecule has 0 saturated heterocycles. The van der Waals surface area contributed by atoms with Crippen LogP contribution in [0.4, 0.5) is 4.39 Å². The van der Waals surface area contributed by atoms with Crippen molar-refractivity contribution in [3.63, 3.8) is 0 Å². The molecule has 4 aliphatic rings. The predicted molar refractivity (Wildman–Crippen MR) is 141 cm³/mol. The number of halogens is 1.